The Labute approximate surface area is 125 Å². The molecule has 0 heterocycles. The summed E-state index contributed by atoms with van der Waals surface area (Å²) in [5.41, 5.74) is 0.306. The van der Waals surface area contributed by atoms with Crippen LogP contribution in [0.2, 0.25) is 0 Å². The number of ether oxygens (including phenoxy) is 1. The number of hydrogen-bond donors (Lipinski definition) is 3. The third-order valence-corrected chi connectivity index (χ3v) is 2.58. The number of alkyl carbamates (subject to hydrolysis) is 1. The molecular formula is C16H23NO4. The van der Waals surface area contributed by atoms with Crippen LogP contribution >= 0.6 is 0 Å². The lowest BCUT2D eigenvalue weighted by atomic mass is 10.1. The maximum absolute atomic E-state index is 11.7. The van der Waals surface area contributed by atoms with E-state index in [2.05, 4.69) is 5.32 Å². The molecule has 5 nitrogen and oxygen atoms in total. The normalized spacial score (nSPS) is 14.7. The van der Waals surface area contributed by atoms with Gasteiger partial charge < -0.3 is 20.3 Å². The lowest BCUT2D eigenvalue weighted by Crippen LogP contribution is -2.45. The molecule has 0 unspecified atom stereocenters. The van der Waals surface area contributed by atoms with Gasteiger partial charge in [0.05, 0.1) is 12.6 Å². The summed E-state index contributed by atoms with van der Waals surface area (Å²) in [7, 11) is 0. The van der Waals surface area contributed by atoms with E-state index in [0.717, 1.165) is 5.56 Å². The zero-order valence-electron chi connectivity index (χ0n) is 12.6. The zero-order chi connectivity index (χ0) is 15.9. The summed E-state index contributed by atoms with van der Waals surface area (Å²) in [5, 5.41) is 21.4. The number of amides is 1. The Morgan fingerprint density at radius 2 is 1.95 bits per heavy atom. The Kier molecular flexibility index (Phi) is 6.39. The molecule has 0 aliphatic rings. The minimum Gasteiger partial charge on any atom is -0.444 e. The van der Waals surface area contributed by atoms with E-state index in [-0.39, 0.29) is 0 Å². The van der Waals surface area contributed by atoms with Gasteiger partial charge in [-0.2, -0.15) is 0 Å². The smallest absolute Gasteiger partial charge is 0.408 e. The molecule has 21 heavy (non-hydrogen) atoms. The van der Waals surface area contributed by atoms with Gasteiger partial charge in [0.2, 0.25) is 0 Å². The molecule has 0 bridgehead atoms. The van der Waals surface area contributed by atoms with Crippen molar-refractivity contribution in [2.24, 2.45) is 0 Å². The molecule has 5 heteroatoms. The summed E-state index contributed by atoms with van der Waals surface area (Å²) >= 11 is 0. The summed E-state index contributed by atoms with van der Waals surface area (Å²) < 4.78 is 5.14. The first-order valence-corrected chi connectivity index (χ1v) is 6.83. The zero-order valence-corrected chi connectivity index (χ0v) is 12.6. The second-order valence-corrected chi connectivity index (χ2v) is 5.69. The van der Waals surface area contributed by atoms with E-state index in [1.807, 2.05) is 30.3 Å². The van der Waals surface area contributed by atoms with E-state index < -0.39 is 30.4 Å². The van der Waals surface area contributed by atoms with Crippen LogP contribution in [-0.4, -0.2) is 40.7 Å². The predicted molar refractivity (Wildman–Crippen MR) is 81.7 cm³/mol. The maximum Gasteiger partial charge on any atom is 0.408 e. The van der Waals surface area contributed by atoms with Crippen molar-refractivity contribution in [2.75, 3.05) is 6.61 Å². The second kappa shape index (κ2) is 7.81. The summed E-state index contributed by atoms with van der Waals surface area (Å²) in [6, 6.07) is 8.73. The average molecular weight is 293 g/mol. The van der Waals surface area contributed by atoms with Gasteiger partial charge in [-0.25, -0.2) is 4.79 Å². The maximum atomic E-state index is 11.7. The largest absolute Gasteiger partial charge is 0.444 e. The van der Waals surface area contributed by atoms with Crippen LogP contribution in [0.1, 0.15) is 26.3 Å². The van der Waals surface area contributed by atoms with Crippen molar-refractivity contribution < 1.29 is 19.7 Å². The Morgan fingerprint density at radius 1 is 1.33 bits per heavy atom. The molecule has 1 amide bonds. The van der Waals surface area contributed by atoms with E-state index in [4.69, 9.17) is 9.84 Å². The number of benzene rings is 1. The Morgan fingerprint density at radius 3 is 2.48 bits per heavy atom. The minimum absolute atomic E-state index is 0.459. The molecule has 1 aromatic carbocycles. The van der Waals surface area contributed by atoms with Crippen molar-refractivity contribution in [2.45, 2.75) is 38.5 Å². The SMILES string of the molecule is CC(C)(C)OC(=O)N[C@@H](C=Cc1ccccc1)[C@H](O)CO. The van der Waals surface area contributed by atoms with Crippen molar-refractivity contribution in [3.63, 3.8) is 0 Å². The molecular weight excluding hydrogens is 270 g/mol. The van der Waals surface area contributed by atoms with Gasteiger partial charge in [0.1, 0.15) is 11.7 Å². The molecule has 0 aliphatic carbocycles. The fourth-order valence-corrected chi connectivity index (χ4v) is 1.61. The molecule has 0 aliphatic heterocycles. The third-order valence-electron chi connectivity index (χ3n) is 2.58. The highest BCUT2D eigenvalue weighted by molar-refractivity contribution is 5.69. The van der Waals surface area contributed by atoms with Gasteiger partial charge in [0, 0.05) is 0 Å². The van der Waals surface area contributed by atoms with Gasteiger partial charge in [-0.05, 0) is 26.3 Å². The Bertz CT molecular complexity index is 465. The fourth-order valence-electron chi connectivity index (χ4n) is 1.61. The molecule has 0 saturated heterocycles. The summed E-state index contributed by atoms with van der Waals surface area (Å²) in [4.78, 5) is 11.7. The molecule has 0 spiro atoms. The summed E-state index contributed by atoms with van der Waals surface area (Å²) in [6.07, 6.45) is 1.65. The van der Waals surface area contributed by atoms with Crippen LogP contribution in [0.3, 0.4) is 0 Å². The van der Waals surface area contributed by atoms with Crippen LogP contribution < -0.4 is 5.32 Å². The summed E-state index contributed by atoms with van der Waals surface area (Å²) in [5.74, 6) is 0. The molecule has 0 fully saturated rings. The molecule has 1 rings (SSSR count). The summed E-state index contributed by atoms with van der Waals surface area (Å²) in [6.45, 7) is 4.80. The number of carbonyl (C=O) groups excluding carboxylic acids is 1. The standard InChI is InChI=1S/C16H23NO4/c1-16(2,3)21-15(20)17-13(14(19)11-18)10-9-12-7-5-4-6-8-12/h4-10,13-14,18-19H,11H2,1-3H3,(H,17,20)/t13-,14+/m0/s1. The van der Waals surface area contributed by atoms with Crippen LogP contribution in [0.4, 0.5) is 4.79 Å². The third kappa shape index (κ3) is 6.92. The molecule has 3 N–H and O–H groups in total. The molecule has 0 aromatic heterocycles. The molecule has 0 radical (unpaired) electrons. The van der Waals surface area contributed by atoms with Crippen molar-refractivity contribution >= 4 is 12.2 Å². The average Bonchev–Trinajstić information content (AvgIpc) is 2.41. The van der Waals surface area contributed by atoms with Crippen LogP contribution in [0.15, 0.2) is 36.4 Å². The number of rotatable bonds is 5. The van der Waals surface area contributed by atoms with Gasteiger partial charge in [-0.15, -0.1) is 0 Å². The minimum atomic E-state index is -1.10. The number of nitrogens with one attached hydrogen (secondary N) is 1. The monoisotopic (exact) mass is 293 g/mol. The number of carbonyl (C=O) groups is 1. The quantitative estimate of drug-likeness (QED) is 0.775. The van der Waals surface area contributed by atoms with Gasteiger partial charge >= 0.3 is 6.09 Å². The van der Waals surface area contributed by atoms with Crippen molar-refractivity contribution in [1.82, 2.24) is 5.32 Å². The first kappa shape index (κ1) is 17.2. The van der Waals surface area contributed by atoms with Gasteiger partial charge in [0.15, 0.2) is 0 Å². The highest BCUT2D eigenvalue weighted by Crippen LogP contribution is 2.09. The van der Waals surface area contributed by atoms with E-state index in [9.17, 15) is 9.90 Å². The van der Waals surface area contributed by atoms with Gasteiger partial charge in [0.25, 0.3) is 0 Å². The van der Waals surface area contributed by atoms with E-state index in [0.29, 0.717) is 0 Å². The lowest BCUT2D eigenvalue weighted by molar-refractivity contribution is 0.0382. The molecule has 116 valence electrons. The number of aliphatic hydroxyl groups excluding tert-OH is 2. The van der Waals surface area contributed by atoms with E-state index in [1.54, 1.807) is 32.9 Å². The van der Waals surface area contributed by atoms with E-state index >= 15 is 0 Å². The number of aliphatic hydroxyl groups is 2. The lowest BCUT2D eigenvalue weighted by Gasteiger charge is -2.24. The first-order chi connectivity index (χ1) is 9.81. The number of hydrogen-bond acceptors (Lipinski definition) is 4. The topological polar surface area (TPSA) is 78.8 Å². The van der Waals surface area contributed by atoms with Crippen molar-refractivity contribution in [3.8, 4) is 0 Å². The van der Waals surface area contributed by atoms with Crippen LogP contribution in [0, 0.1) is 0 Å². The van der Waals surface area contributed by atoms with Crippen molar-refractivity contribution in [1.29, 1.82) is 0 Å². The van der Waals surface area contributed by atoms with Crippen LogP contribution in [0.5, 0.6) is 0 Å². The highest BCUT2D eigenvalue weighted by atomic mass is 16.6. The van der Waals surface area contributed by atoms with Crippen LogP contribution in [0.25, 0.3) is 6.08 Å². The van der Waals surface area contributed by atoms with Gasteiger partial charge in [-0.3, -0.25) is 0 Å². The Hall–Kier alpha value is -1.85. The molecule has 1 aromatic rings. The second-order valence-electron chi connectivity index (χ2n) is 5.69. The predicted octanol–water partition coefficient (Wildman–Crippen LogP) is 1.95. The van der Waals surface area contributed by atoms with Crippen LogP contribution in [-0.2, 0) is 4.74 Å². The van der Waals surface area contributed by atoms with Gasteiger partial charge in [-0.1, -0.05) is 42.5 Å². The molecule has 0 saturated carbocycles. The highest BCUT2D eigenvalue weighted by Gasteiger charge is 2.22. The molecule has 2 atom stereocenters. The first-order valence-electron chi connectivity index (χ1n) is 6.83. The Balaban J connectivity index is 2.73. The van der Waals surface area contributed by atoms with Crippen molar-refractivity contribution in [3.05, 3.63) is 42.0 Å². The fraction of sp³-hybridized carbons (Fsp3) is 0.438. The van der Waals surface area contributed by atoms with E-state index in [1.165, 1.54) is 0 Å².